The van der Waals surface area contributed by atoms with E-state index in [1.807, 2.05) is 6.08 Å². The summed E-state index contributed by atoms with van der Waals surface area (Å²) in [5.74, 6) is -0.847. The molecule has 0 spiro atoms. The van der Waals surface area contributed by atoms with E-state index in [1.54, 1.807) is 0 Å². The smallest absolute Gasteiger partial charge is 0.306 e. The maximum absolute atomic E-state index is 12.6. The third-order valence-electron chi connectivity index (χ3n) is 7.42. The minimum atomic E-state index is -1.59. The maximum atomic E-state index is 12.6. The van der Waals surface area contributed by atoms with Gasteiger partial charge in [-0.3, -0.25) is 9.59 Å². The van der Waals surface area contributed by atoms with Crippen molar-refractivity contribution < 1.29 is 49.0 Å². The van der Waals surface area contributed by atoms with Gasteiger partial charge < -0.3 is 39.4 Å². The van der Waals surface area contributed by atoms with Crippen LogP contribution < -0.4 is 0 Å². The van der Waals surface area contributed by atoms with E-state index in [2.05, 4.69) is 37.8 Å². The SMILES string of the molecule is C=CC/C=C/C/C=C/CCCCCCCC(=O)O[C@H](COC(=O)CCCCCCCC)CO[C@@H]1O[C@H](CO)[C@H](O)[C@H](O)[C@H]1O. The molecule has 0 radical (unpaired) electrons. The second kappa shape index (κ2) is 26.2. The number of carbonyl (C=O) groups is 2. The molecule has 1 saturated heterocycles. The van der Waals surface area contributed by atoms with Crippen LogP contribution in [0.1, 0.15) is 110 Å². The number of aliphatic hydroxyl groups is 4. The fourth-order valence-corrected chi connectivity index (χ4v) is 4.72. The summed E-state index contributed by atoms with van der Waals surface area (Å²) in [4.78, 5) is 24.9. The molecular weight excluding hydrogens is 568 g/mol. The van der Waals surface area contributed by atoms with Gasteiger partial charge in [0.1, 0.15) is 31.0 Å². The van der Waals surface area contributed by atoms with Crippen LogP contribution in [0.4, 0.5) is 0 Å². The Morgan fingerprint density at radius 3 is 2.07 bits per heavy atom. The summed E-state index contributed by atoms with van der Waals surface area (Å²) in [6.45, 7) is 4.73. The summed E-state index contributed by atoms with van der Waals surface area (Å²) in [5.41, 5.74) is 0. The Kier molecular flexibility index (Phi) is 23.8. The molecule has 10 heteroatoms. The van der Waals surface area contributed by atoms with Crippen LogP contribution in [0.2, 0.25) is 0 Å². The van der Waals surface area contributed by atoms with Gasteiger partial charge in [0, 0.05) is 12.8 Å². The third-order valence-corrected chi connectivity index (χ3v) is 7.42. The molecule has 1 rings (SSSR count). The molecule has 0 amide bonds. The number of esters is 2. The summed E-state index contributed by atoms with van der Waals surface area (Å²) in [6.07, 6.45) is 16.6. The van der Waals surface area contributed by atoms with Crippen molar-refractivity contribution in [2.75, 3.05) is 19.8 Å². The van der Waals surface area contributed by atoms with Crippen molar-refractivity contribution in [3.63, 3.8) is 0 Å². The van der Waals surface area contributed by atoms with Gasteiger partial charge in [0.2, 0.25) is 0 Å². The standard InChI is InChI=1S/C34H58O10/c1-3-5-7-9-11-12-13-14-15-16-17-19-21-23-30(37)43-27(25-41-29(36)22-20-18-10-8-6-4-2)26-42-34-33(40)32(39)31(38)28(24-35)44-34/h3,7,9,12-13,27-28,31-35,38-40H,1,4-6,8,10-11,14-26H2,2H3/b9-7+,13-12+/t27-,28-,31+,32+,33-,34-/m1/s1. The van der Waals surface area contributed by atoms with Gasteiger partial charge in [-0.05, 0) is 38.5 Å². The van der Waals surface area contributed by atoms with Crippen molar-refractivity contribution in [3.8, 4) is 0 Å². The Balaban J connectivity index is 2.45. The average Bonchev–Trinajstić information content (AvgIpc) is 3.02. The first kappa shape index (κ1) is 39.9. The van der Waals surface area contributed by atoms with Crippen LogP contribution in [0.3, 0.4) is 0 Å². The Labute approximate surface area is 264 Å². The number of allylic oxidation sites excluding steroid dienone is 5. The lowest BCUT2D eigenvalue weighted by Gasteiger charge is -2.39. The van der Waals surface area contributed by atoms with Crippen LogP contribution in [0.25, 0.3) is 0 Å². The topological polar surface area (TPSA) is 152 Å². The van der Waals surface area contributed by atoms with Gasteiger partial charge in [0.15, 0.2) is 12.4 Å². The molecule has 4 N–H and O–H groups in total. The molecule has 254 valence electrons. The van der Waals surface area contributed by atoms with E-state index in [0.29, 0.717) is 6.42 Å². The van der Waals surface area contributed by atoms with Crippen molar-refractivity contribution >= 4 is 11.9 Å². The van der Waals surface area contributed by atoms with Crippen molar-refractivity contribution in [2.45, 2.75) is 146 Å². The molecule has 0 saturated carbocycles. The molecule has 1 aliphatic rings. The zero-order valence-corrected chi connectivity index (χ0v) is 26.7. The normalized spacial score (nSPS) is 22.8. The minimum Gasteiger partial charge on any atom is -0.462 e. The van der Waals surface area contributed by atoms with Crippen molar-refractivity contribution in [3.05, 3.63) is 37.0 Å². The molecule has 44 heavy (non-hydrogen) atoms. The highest BCUT2D eigenvalue weighted by Crippen LogP contribution is 2.22. The third kappa shape index (κ3) is 18.7. The zero-order chi connectivity index (χ0) is 32.4. The number of aliphatic hydroxyl groups excluding tert-OH is 4. The van der Waals surface area contributed by atoms with Crippen molar-refractivity contribution in [1.82, 2.24) is 0 Å². The molecule has 0 aromatic heterocycles. The van der Waals surface area contributed by atoms with Gasteiger partial charge in [-0.1, -0.05) is 88.7 Å². The summed E-state index contributed by atoms with van der Waals surface area (Å²) in [7, 11) is 0. The Morgan fingerprint density at radius 1 is 0.773 bits per heavy atom. The second-order valence-corrected chi connectivity index (χ2v) is 11.4. The molecule has 1 fully saturated rings. The van der Waals surface area contributed by atoms with Gasteiger partial charge >= 0.3 is 11.9 Å². The summed E-state index contributed by atoms with van der Waals surface area (Å²) in [6, 6.07) is 0. The second-order valence-electron chi connectivity index (χ2n) is 11.4. The molecule has 6 atom stereocenters. The summed E-state index contributed by atoms with van der Waals surface area (Å²) < 4.78 is 21.8. The predicted octanol–water partition coefficient (Wildman–Crippen LogP) is 4.82. The largest absolute Gasteiger partial charge is 0.462 e. The van der Waals surface area contributed by atoms with E-state index in [-0.39, 0.29) is 26.1 Å². The fraction of sp³-hybridized carbons (Fsp3) is 0.765. The van der Waals surface area contributed by atoms with Crippen LogP contribution >= 0.6 is 0 Å². The maximum Gasteiger partial charge on any atom is 0.306 e. The van der Waals surface area contributed by atoms with Crippen LogP contribution in [0.15, 0.2) is 37.0 Å². The summed E-state index contributed by atoms with van der Waals surface area (Å²) in [5, 5.41) is 39.7. The lowest BCUT2D eigenvalue weighted by Crippen LogP contribution is -2.59. The van der Waals surface area contributed by atoms with E-state index in [0.717, 1.165) is 77.0 Å². The Morgan fingerprint density at radius 2 is 1.39 bits per heavy atom. The molecule has 0 aliphatic carbocycles. The molecule has 0 bridgehead atoms. The minimum absolute atomic E-state index is 0.208. The number of ether oxygens (including phenoxy) is 4. The fourth-order valence-electron chi connectivity index (χ4n) is 4.72. The molecular formula is C34H58O10. The lowest BCUT2D eigenvalue weighted by atomic mass is 9.99. The predicted molar refractivity (Wildman–Crippen MR) is 169 cm³/mol. The number of unbranched alkanes of at least 4 members (excludes halogenated alkanes) is 10. The van der Waals surface area contributed by atoms with Crippen LogP contribution in [-0.4, -0.2) is 89.0 Å². The van der Waals surface area contributed by atoms with Gasteiger partial charge in [0.25, 0.3) is 0 Å². The highest BCUT2D eigenvalue weighted by molar-refractivity contribution is 5.70. The first-order chi connectivity index (χ1) is 21.3. The molecule has 0 unspecified atom stereocenters. The molecule has 10 nitrogen and oxygen atoms in total. The number of carbonyl (C=O) groups excluding carboxylic acids is 2. The number of rotatable bonds is 26. The number of hydrogen-bond donors (Lipinski definition) is 4. The van der Waals surface area contributed by atoms with Crippen LogP contribution in [0, 0.1) is 0 Å². The number of hydrogen-bond acceptors (Lipinski definition) is 10. The Hall–Kier alpha value is -2.08. The van der Waals surface area contributed by atoms with Gasteiger partial charge in [-0.25, -0.2) is 0 Å². The van der Waals surface area contributed by atoms with E-state index < -0.39 is 55.4 Å². The van der Waals surface area contributed by atoms with Crippen LogP contribution in [0.5, 0.6) is 0 Å². The van der Waals surface area contributed by atoms with E-state index in [4.69, 9.17) is 18.9 Å². The van der Waals surface area contributed by atoms with E-state index in [9.17, 15) is 30.0 Å². The highest BCUT2D eigenvalue weighted by atomic mass is 16.7. The quantitative estimate of drug-likeness (QED) is 0.0598. The van der Waals surface area contributed by atoms with Gasteiger partial charge in [0.05, 0.1) is 13.2 Å². The first-order valence-corrected chi connectivity index (χ1v) is 16.5. The molecule has 0 aromatic carbocycles. The van der Waals surface area contributed by atoms with E-state index >= 15 is 0 Å². The monoisotopic (exact) mass is 626 g/mol. The van der Waals surface area contributed by atoms with Gasteiger partial charge in [-0.15, -0.1) is 6.58 Å². The van der Waals surface area contributed by atoms with Crippen LogP contribution in [-0.2, 0) is 28.5 Å². The van der Waals surface area contributed by atoms with Crippen molar-refractivity contribution in [2.24, 2.45) is 0 Å². The highest BCUT2D eigenvalue weighted by Gasteiger charge is 2.44. The van der Waals surface area contributed by atoms with Crippen molar-refractivity contribution in [1.29, 1.82) is 0 Å². The average molecular weight is 627 g/mol. The zero-order valence-electron chi connectivity index (χ0n) is 26.7. The Bertz CT molecular complexity index is 812. The lowest BCUT2D eigenvalue weighted by molar-refractivity contribution is -0.305. The molecule has 1 heterocycles. The molecule has 0 aromatic rings. The first-order valence-electron chi connectivity index (χ1n) is 16.5. The van der Waals surface area contributed by atoms with E-state index in [1.165, 1.54) is 6.42 Å². The summed E-state index contributed by atoms with van der Waals surface area (Å²) >= 11 is 0. The van der Waals surface area contributed by atoms with Gasteiger partial charge in [-0.2, -0.15) is 0 Å². The molecule has 1 aliphatic heterocycles.